The first-order valence-electron chi connectivity index (χ1n) is 11.0. The van der Waals surface area contributed by atoms with Gasteiger partial charge in [0.15, 0.2) is 0 Å². The molecule has 0 aliphatic rings. The Morgan fingerprint density at radius 1 is 1.00 bits per heavy atom. The number of nitriles is 1. The fraction of sp³-hybridized carbons (Fsp3) is 0.296. The van der Waals surface area contributed by atoms with E-state index in [0.717, 1.165) is 16.3 Å². The minimum Gasteiger partial charge on any atom is -0.462 e. The van der Waals surface area contributed by atoms with Crippen LogP contribution in [0.25, 0.3) is 10.8 Å². The Kier molecular flexibility index (Phi) is 8.98. The van der Waals surface area contributed by atoms with Crippen LogP contribution in [-0.4, -0.2) is 31.1 Å². The van der Waals surface area contributed by atoms with Crippen molar-refractivity contribution in [3.05, 3.63) is 83.9 Å². The fourth-order valence-corrected chi connectivity index (χ4v) is 3.40. The van der Waals surface area contributed by atoms with Gasteiger partial charge in [0.2, 0.25) is 5.91 Å². The van der Waals surface area contributed by atoms with Crippen LogP contribution in [-0.2, 0) is 20.9 Å². The lowest BCUT2D eigenvalue weighted by Crippen LogP contribution is -2.37. The molecule has 6 heteroatoms. The maximum atomic E-state index is 12.3. The minimum absolute atomic E-state index is 0.000941. The molecule has 1 amide bonds. The molecule has 0 fully saturated rings. The Bertz CT molecular complexity index is 1110. The minimum atomic E-state index is -0.709. The summed E-state index contributed by atoms with van der Waals surface area (Å²) in [7, 11) is 0. The van der Waals surface area contributed by atoms with Crippen LogP contribution in [0.15, 0.2) is 72.8 Å². The average molecular weight is 445 g/mol. The van der Waals surface area contributed by atoms with Crippen molar-refractivity contribution in [2.24, 2.45) is 5.92 Å². The molecule has 1 N–H and O–H groups in total. The topological polar surface area (TPSA) is 88.4 Å². The van der Waals surface area contributed by atoms with Crippen molar-refractivity contribution in [3.8, 4) is 6.07 Å². The van der Waals surface area contributed by atoms with E-state index in [-0.39, 0.29) is 37.4 Å². The summed E-state index contributed by atoms with van der Waals surface area (Å²) < 4.78 is 10.9. The molecular weight excluding hydrogens is 416 g/mol. The highest BCUT2D eigenvalue weighted by Gasteiger charge is 2.16. The Balaban J connectivity index is 1.35. The Labute approximate surface area is 194 Å². The zero-order chi connectivity index (χ0) is 23.5. The van der Waals surface area contributed by atoms with Crippen molar-refractivity contribution >= 4 is 22.6 Å². The maximum Gasteiger partial charge on any atom is 0.338 e. The van der Waals surface area contributed by atoms with Gasteiger partial charge in [-0.3, -0.25) is 4.79 Å². The SMILES string of the molecule is CC(CCOC(=O)c1ccc2ccccc2c1)CC(=O)NC(C#N)COCc1ccccc1. The van der Waals surface area contributed by atoms with Gasteiger partial charge in [0.1, 0.15) is 6.04 Å². The van der Waals surface area contributed by atoms with Gasteiger partial charge in [0.05, 0.1) is 31.5 Å². The summed E-state index contributed by atoms with van der Waals surface area (Å²) in [5, 5.41) is 14.0. The number of nitrogens with zero attached hydrogens (tertiary/aromatic N) is 1. The predicted octanol–water partition coefficient (Wildman–Crippen LogP) is 4.64. The first-order chi connectivity index (χ1) is 16.0. The molecule has 3 aromatic carbocycles. The van der Waals surface area contributed by atoms with Crippen LogP contribution in [0.4, 0.5) is 0 Å². The molecule has 33 heavy (non-hydrogen) atoms. The molecule has 0 spiro atoms. The molecule has 2 unspecified atom stereocenters. The van der Waals surface area contributed by atoms with Gasteiger partial charge in [-0.2, -0.15) is 5.26 Å². The van der Waals surface area contributed by atoms with Crippen LogP contribution >= 0.6 is 0 Å². The lowest BCUT2D eigenvalue weighted by atomic mass is 10.0. The van der Waals surface area contributed by atoms with Crippen LogP contribution in [0.3, 0.4) is 0 Å². The highest BCUT2D eigenvalue weighted by atomic mass is 16.5. The summed E-state index contributed by atoms with van der Waals surface area (Å²) in [6, 6.07) is 24.3. The number of benzene rings is 3. The van der Waals surface area contributed by atoms with Gasteiger partial charge < -0.3 is 14.8 Å². The second-order valence-electron chi connectivity index (χ2n) is 8.05. The van der Waals surface area contributed by atoms with Crippen molar-refractivity contribution in [3.63, 3.8) is 0 Å². The van der Waals surface area contributed by atoms with E-state index in [1.807, 2.05) is 73.7 Å². The number of rotatable bonds is 11. The van der Waals surface area contributed by atoms with E-state index in [0.29, 0.717) is 18.6 Å². The van der Waals surface area contributed by atoms with Crippen LogP contribution < -0.4 is 5.32 Å². The number of ether oxygens (including phenoxy) is 2. The summed E-state index contributed by atoms with van der Waals surface area (Å²) in [5.74, 6) is -0.602. The second-order valence-corrected chi connectivity index (χ2v) is 8.05. The van der Waals surface area contributed by atoms with Gasteiger partial charge in [-0.1, -0.05) is 67.6 Å². The number of hydrogen-bond acceptors (Lipinski definition) is 5. The van der Waals surface area contributed by atoms with E-state index in [4.69, 9.17) is 9.47 Å². The van der Waals surface area contributed by atoms with E-state index < -0.39 is 6.04 Å². The molecule has 0 aliphatic heterocycles. The van der Waals surface area contributed by atoms with Crippen LogP contribution in [0.1, 0.15) is 35.7 Å². The van der Waals surface area contributed by atoms with Gasteiger partial charge in [0, 0.05) is 6.42 Å². The summed E-state index contributed by atoms with van der Waals surface area (Å²) in [6.07, 6.45) is 0.791. The van der Waals surface area contributed by atoms with E-state index in [9.17, 15) is 14.9 Å². The van der Waals surface area contributed by atoms with Crippen molar-refractivity contribution in [2.75, 3.05) is 13.2 Å². The monoisotopic (exact) mass is 444 g/mol. The molecule has 3 rings (SSSR count). The highest BCUT2D eigenvalue weighted by molar-refractivity contribution is 5.95. The summed E-state index contributed by atoms with van der Waals surface area (Å²) in [5.41, 5.74) is 1.51. The number of nitrogens with one attached hydrogen (secondary N) is 1. The highest BCUT2D eigenvalue weighted by Crippen LogP contribution is 2.17. The van der Waals surface area contributed by atoms with Gasteiger partial charge in [-0.25, -0.2) is 4.79 Å². The summed E-state index contributed by atoms with van der Waals surface area (Å²) in [6.45, 7) is 2.64. The second kappa shape index (κ2) is 12.4. The smallest absolute Gasteiger partial charge is 0.338 e. The molecule has 170 valence electrons. The van der Waals surface area contributed by atoms with E-state index >= 15 is 0 Å². The summed E-state index contributed by atoms with van der Waals surface area (Å²) in [4.78, 5) is 24.6. The molecule has 0 aromatic heterocycles. The Morgan fingerprint density at radius 2 is 1.73 bits per heavy atom. The zero-order valence-corrected chi connectivity index (χ0v) is 18.7. The lowest BCUT2D eigenvalue weighted by Gasteiger charge is -2.15. The number of carbonyl (C=O) groups excluding carboxylic acids is 2. The predicted molar refractivity (Wildman–Crippen MR) is 126 cm³/mol. The van der Waals surface area contributed by atoms with E-state index in [1.165, 1.54) is 0 Å². The molecule has 2 atom stereocenters. The summed E-state index contributed by atoms with van der Waals surface area (Å²) >= 11 is 0. The molecule has 0 saturated carbocycles. The number of esters is 1. The van der Waals surface area contributed by atoms with Gasteiger partial charge in [-0.05, 0) is 40.8 Å². The quantitative estimate of drug-likeness (QED) is 0.435. The Morgan fingerprint density at radius 3 is 2.48 bits per heavy atom. The van der Waals surface area contributed by atoms with Crippen LogP contribution in [0.2, 0.25) is 0 Å². The maximum absolute atomic E-state index is 12.3. The lowest BCUT2D eigenvalue weighted by molar-refractivity contribution is -0.122. The van der Waals surface area contributed by atoms with Gasteiger partial charge >= 0.3 is 5.97 Å². The molecule has 0 radical (unpaired) electrons. The van der Waals surface area contributed by atoms with Crippen molar-refractivity contribution in [1.82, 2.24) is 5.32 Å². The number of fused-ring (bicyclic) bond motifs is 1. The van der Waals surface area contributed by atoms with Crippen molar-refractivity contribution in [1.29, 1.82) is 5.26 Å². The molecule has 0 saturated heterocycles. The number of amides is 1. The van der Waals surface area contributed by atoms with Crippen molar-refractivity contribution < 1.29 is 19.1 Å². The van der Waals surface area contributed by atoms with Crippen LogP contribution in [0.5, 0.6) is 0 Å². The van der Waals surface area contributed by atoms with Crippen molar-refractivity contribution in [2.45, 2.75) is 32.4 Å². The van der Waals surface area contributed by atoms with Crippen LogP contribution in [0, 0.1) is 17.2 Å². The number of hydrogen-bond donors (Lipinski definition) is 1. The normalized spacial score (nSPS) is 12.5. The van der Waals surface area contributed by atoms with Gasteiger partial charge in [0.25, 0.3) is 0 Å². The number of carbonyl (C=O) groups is 2. The molecule has 6 nitrogen and oxygen atoms in total. The molecule has 0 aliphatic carbocycles. The van der Waals surface area contributed by atoms with E-state index in [2.05, 4.69) is 11.4 Å². The third-order valence-electron chi connectivity index (χ3n) is 5.25. The molecule has 0 bridgehead atoms. The molecule has 3 aromatic rings. The fourth-order valence-electron chi connectivity index (χ4n) is 3.40. The standard InChI is InChI=1S/C27H28N2O4/c1-20(13-14-33-27(31)24-12-11-22-9-5-6-10-23(22)16-24)15-26(30)29-25(17-28)19-32-18-21-7-3-2-4-8-21/h2-12,16,20,25H,13-15,18-19H2,1H3,(H,29,30). The third-order valence-corrected chi connectivity index (χ3v) is 5.25. The molecular formula is C27H28N2O4. The third kappa shape index (κ3) is 7.74. The van der Waals surface area contributed by atoms with E-state index in [1.54, 1.807) is 6.07 Å². The first kappa shape index (κ1) is 24.0. The Hall–Kier alpha value is -3.69. The largest absolute Gasteiger partial charge is 0.462 e. The molecule has 0 heterocycles. The van der Waals surface area contributed by atoms with Gasteiger partial charge in [-0.15, -0.1) is 0 Å². The zero-order valence-electron chi connectivity index (χ0n) is 18.7. The first-order valence-corrected chi connectivity index (χ1v) is 11.0. The average Bonchev–Trinajstić information content (AvgIpc) is 2.83.